The van der Waals surface area contributed by atoms with Crippen molar-refractivity contribution in [3.63, 3.8) is 0 Å². The average Bonchev–Trinajstić information content (AvgIpc) is 3.17. The quantitative estimate of drug-likeness (QED) is 0.302. The van der Waals surface area contributed by atoms with Crippen LogP contribution in [0.25, 0.3) is 44.5 Å². The predicted octanol–water partition coefficient (Wildman–Crippen LogP) is 6.47. The van der Waals surface area contributed by atoms with Crippen LogP contribution in [0.4, 0.5) is 0 Å². The van der Waals surface area contributed by atoms with Crippen LogP contribution in [0.1, 0.15) is 5.56 Å². The molecule has 2 nitrogen and oxygen atoms in total. The summed E-state index contributed by atoms with van der Waals surface area (Å²) in [4.78, 5) is 0. The number of benzene rings is 3. The van der Waals surface area contributed by atoms with Crippen molar-refractivity contribution in [1.29, 1.82) is 0 Å². The molecule has 3 aromatic carbocycles. The molecule has 6 aromatic rings. The van der Waals surface area contributed by atoms with E-state index in [1.165, 1.54) is 44.4 Å². The van der Waals surface area contributed by atoms with Gasteiger partial charge in [-0.15, -0.1) is 0 Å². The molecular formula is C28H21N2+. The number of hydrogen-bond donors (Lipinski definition) is 0. The first kappa shape index (κ1) is 17.0. The highest BCUT2D eigenvalue weighted by molar-refractivity contribution is 5.99. The molecule has 6 rings (SSSR count). The van der Waals surface area contributed by atoms with E-state index < -0.39 is 0 Å². The highest BCUT2D eigenvalue weighted by atomic mass is 15.1. The predicted molar refractivity (Wildman–Crippen MR) is 124 cm³/mol. The summed E-state index contributed by atoms with van der Waals surface area (Å²) >= 11 is 0. The van der Waals surface area contributed by atoms with Crippen LogP contribution in [-0.4, -0.2) is 4.40 Å². The highest BCUT2D eigenvalue weighted by Gasteiger charge is 2.25. The third-order valence-corrected chi connectivity index (χ3v) is 5.87. The second kappa shape index (κ2) is 6.57. The lowest BCUT2D eigenvalue weighted by atomic mass is 9.98. The molecule has 0 spiro atoms. The van der Waals surface area contributed by atoms with Crippen LogP contribution >= 0.6 is 0 Å². The molecule has 0 N–H and O–H groups in total. The highest BCUT2D eigenvalue weighted by Crippen LogP contribution is 2.37. The maximum absolute atomic E-state index is 2.39. The summed E-state index contributed by atoms with van der Waals surface area (Å²) in [6.45, 7) is 2.15. The van der Waals surface area contributed by atoms with Crippen LogP contribution in [0.5, 0.6) is 0 Å². The van der Waals surface area contributed by atoms with E-state index in [1.807, 2.05) is 0 Å². The molecule has 0 aliphatic rings. The smallest absolute Gasteiger partial charge is 0.198 e. The first-order valence-corrected chi connectivity index (χ1v) is 10.3. The van der Waals surface area contributed by atoms with E-state index in [0.717, 1.165) is 5.65 Å². The Labute approximate surface area is 175 Å². The Morgan fingerprint density at radius 3 is 2.10 bits per heavy atom. The number of aromatic nitrogens is 2. The zero-order valence-corrected chi connectivity index (χ0v) is 16.8. The maximum Gasteiger partial charge on any atom is 0.292 e. The Morgan fingerprint density at radius 1 is 0.633 bits per heavy atom. The number of pyridine rings is 1. The Kier molecular flexibility index (Phi) is 3.72. The summed E-state index contributed by atoms with van der Waals surface area (Å²) in [6, 6.07) is 36.9. The van der Waals surface area contributed by atoms with E-state index >= 15 is 0 Å². The molecule has 0 amide bonds. The van der Waals surface area contributed by atoms with Crippen LogP contribution in [-0.2, 0) is 0 Å². The summed E-state index contributed by atoms with van der Waals surface area (Å²) in [5.41, 5.74) is 9.79. The molecule has 0 bridgehead atoms. The molecule has 0 aliphatic heterocycles. The Balaban J connectivity index is 1.92. The van der Waals surface area contributed by atoms with Crippen molar-refractivity contribution in [3.8, 4) is 22.4 Å². The van der Waals surface area contributed by atoms with Gasteiger partial charge in [0.15, 0.2) is 5.69 Å². The van der Waals surface area contributed by atoms with Crippen molar-refractivity contribution in [3.05, 3.63) is 115 Å². The summed E-state index contributed by atoms with van der Waals surface area (Å²) in [6.07, 6.45) is 2.17. The van der Waals surface area contributed by atoms with Gasteiger partial charge in [0.2, 0.25) is 0 Å². The molecule has 3 heterocycles. The van der Waals surface area contributed by atoms with Crippen molar-refractivity contribution in [2.24, 2.45) is 0 Å². The lowest BCUT2D eigenvalue weighted by Crippen LogP contribution is -2.28. The number of nitrogens with zero attached hydrogens (tertiary/aromatic N) is 2. The largest absolute Gasteiger partial charge is 0.292 e. The normalized spacial score (nSPS) is 11.5. The first-order chi connectivity index (χ1) is 14.8. The zero-order valence-electron chi connectivity index (χ0n) is 16.8. The number of fused-ring (bicyclic) bond motifs is 5. The Hall–Kier alpha value is -3.91. The van der Waals surface area contributed by atoms with Crippen LogP contribution in [0, 0.1) is 6.92 Å². The Bertz CT molecular complexity index is 1530. The van der Waals surface area contributed by atoms with Gasteiger partial charge in [0.25, 0.3) is 5.65 Å². The second-order valence-electron chi connectivity index (χ2n) is 7.81. The summed E-state index contributed by atoms with van der Waals surface area (Å²) in [7, 11) is 0. The van der Waals surface area contributed by atoms with E-state index in [-0.39, 0.29) is 0 Å². The first-order valence-electron chi connectivity index (χ1n) is 10.3. The third-order valence-electron chi connectivity index (χ3n) is 5.87. The fourth-order valence-electron chi connectivity index (χ4n) is 4.58. The van der Waals surface area contributed by atoms with Gasteiger partial charge in [0, 0.05) is 17.0 Å². The van der Waals surface area contributed by atoms with E-state index in [9.17, 15) is 0 Å². The molecule has 0 saturated carbocycles. The second-order valence-corrected chi connectivity index (χ2v) is 7.81. The van der Waals surface area contributed by atoms with Crippen LogP contribution in [0.15, 0.2) is 109 Å². The molecule has 0 aliphatic carbocycles. The summed E-state index contributed by atoms with van der Waals surface area (Å²) < 4.78 is 4.72. The number of hydrogen-bond acceptors (Lipinski definition) is 0. The summed E-state index contributed by atoms with van der Waals surface area (Å²) in [5.74, 6) is 0. The van der Waals surface area contributed by atoms with E-state index in [2.05, 4.69) is 125 Å². The lowest BCUT2D eigenvalue weighted by molar-refractivity contribution is -0.501. The minimum atomic E-state index is 1.16. The molecule has 0 atom stereocenters. The van der Waals surface area contributed by atoms with Gasteiger partial charge >= 0.3 is 0 Å². The lowest BCUT2D eigenvalue weighted by Gasteiger charge is -2.12. The van der Waals surface area contributed by atoms with E-state index in [4.69, 9.17) is 0 Å². The van der Waals surface area contributed by atoms with E-state index in [0.29, 0.717) is 0 Å². The molecule has 0 fully saturated rings. The van der Waals surface area contributed by atoms with Crippen molar-refractivity contribution >= 4 is 22.1 Å². The molecule has 0 unspecified atom stereocenters. The molecule has 0 saturated heterocycles. The van der Waals surface area contributed by atoms with Gasteiger partial charge in [0.05, 0.1) is 11.8 Å². The van der Waals surface area contributed by atoms with Gasteiger partial charge in [-0.25, -0.2) is 0 Å². The minimum Gasteiger partial charge on any atom is -0.198 e. The molecule has 2 heteroatoms. The van der Waals surface area contributed by atoms with Crippen LogP contribution in [0.2, 0.25) is 0 Å². The number of rotatable bonds is 2. The van der Waals surface area contributed by atoms with Gasteiger partial charge in [-0.3, -0.25) is 0 Å². The summed E-state index contributed by atoms with van der Waals surface area (Å²) in [5, 5.41) is 1.27. The standard InChI is InChI=1S/C28H21N2/c1-20-15-16-24-23(18-20)19-25-27(21-10-4-2-5-11-21)28(22-12-6-3-7-13-22)29-17-9-8-14-26(29)30(24)25/h2-19H,1H3/q+1. The van der Waals surface area contributed by atoms with Crippen molar-refractivity contribution in [1.82, 2.24) is 4.40 Å². The molecule has 30 heavy (non-hydrogen) atoms. The monoisotopic (exact) mass is 385 g/mol. The van der Waals surface area contributed by atoms with E-state index in [1.54, 1.807) is 0 Å². The fraction of sp³-hybridized carbons (Fsp3) is 0.0357. The SMILES string of the molecule is Cc1ccc2c(c1)cc1c(-c3ccccc3)c(-c3ccccc3)[n+]3ccccc3n12. The van der Waals surface area contributed by atoms with Crippen LogP contribution in [0.3, 0.4) is 0 Å². The van der Waals surface area contributed by atoms with Gasteiger partial charge in [-0.1, -0.05) is 78.4 Å². The van der Waals surface area contributed by atoms with Crippen molar-refractivity contribution < 1.29 is 4.40 Å². The average molecular weight is 385 g/mol. The van der Waals surface area contributed by atoms with Gasteiger partial charge in [-0.2, -0.15) is 8.80 Å². The molecule has 0 radical (unpaired) electrons. The molecule has 3 aromatic heterocycles. The van der Waals surface area contributed by atoms with Crippen molar-refractivity contribution in [2.45, 2.75) is 6.92 Å². The Morgan fingerprint density at radius 2 is 1.33 bits per heavy atom. The zero-order chi connectivity index (χ0) is 20.1. The van der Waals surface area contributed by atoms with Gasteiger partial charge in [-0.05, 0) is 36.8 Å². The third kappa shape index (κ3) is 2.47. The van der Waals surface area contributed by atoms with Crippen LogP contribution < -0.4 is 4.40 Å². The number of aryl methyl sites for hydroxylation is 1. The topological polar surface area (TPSA) is 8.51 Å². The van der Waals surface area contributed by atoms with Crippen molar-refractivity contribution in [2.75, 3.05) is 0 Å². The fourth-order valence-corrected chi connectivity index (χ4v) is 4.58. The molecule has 142 valence electrons. The minimum absolute atomic E-state index is 1.16. The maximum atomic E-state index is 2.39. The molecular weight excluding hydrogens is 364 g/mol. The van der Waals surface area contributed by atoms with Gasteiger partial charge < -0.3 is 0 Å². The van der Waals surface area contributed by atoms with Gasteiger partial charge in [0.1, 0.15) is 11.0 Å².